The first kappa shape index (κ1) is 13.8. The van der Waals surface area contributed by atoms with Gasteiger partial charge in [-0.15, -0.1) is 10.2 Å². The molecular formula is C12H13ClN4OS. The molecule has 0 aliphatic rings. The van der Waals surface area contributed by atoms with Gasteiger partial charge in [0.15, 0.2) is 0 Å². The Hall–Kier alpha value is -1.66. The fourth-order valence-electron chi connectivity index (χ4n) is 1.34. The zero-order chi connectivity index (χ0) is 13.8. The van der Waals surface area contributed by atoms with Crippen LogP contribution in [0.5, 0.6) is 0 Å². The molecule has 5 nitrogen and oxygen atoms in total. The SMILES string of the molecule is CC(C)c1nnc(NC(=O)Nc2cccc(Cl)c2)s1. The molecule has 2 rings (SSSR count). The molecule has 2 amide bonds. The van der Waals surface area contributed by atoms with Gasteiger partial charge in [0.05, 0.1) is 0 Å². The molecule has 7 heteroatoms. The highest BCUT2D eigenvalue weighted by atomic mass is 35.5. The Morgan fingerprint density at radius 2 is 2.11 bits per heavy atom. The second kappa shape index (κ2) is 5.99. The highest BCUT2D eigenvalue weighted by Crippen LogP contribution is 2.22. The molecule has 1 aromatic carbocycles. The van der Waals surface area contributed by atoms with E-state index in [0.717, 1.165) is 5.01 Å². The lowest BCUT2D eigenvalue weighted by atomic mass is 10.2. The second-order valence-corrected chi connectivity index (χ2v) is 5.64. The molecule has 19 heavy (non-hydrogen) atoms. The number of amides is 2. The van der Waals surface area contributed by atoms with Gasteiger partial charge in [0.25, 0.3) is 0 Å². The monoisotopic (exact) mass is 296 g/mol. The number of anilines is 2. The van der Waals surface area contributed by atoms with E-state index < -0.39 is 0 Å². The van der Waals surface area contributed by atoms with Crippen LogP contribution >= 0.6 is 22.9 Å². The normalized spacial score (nSPS) is 10.5. The van der Waals surface area contributed by atoms with Gasteiger partial charge in [0, 0.05) is 16.6 Å². The van der Waals surface area contributed by atoms with Crippen molar-refractivity contribution in [1.29, 1.82) is 0 Å². The van der Waals surface area contributed by atoms with Crippen molar-refractivity contribution >= 4 is 39.8 Å². The quantitative estimate of drug-likeness (QED) is 0.901. The minimum absolute atomic E-state index is 0.295. The lowest BCUT2D eigenvalue weighted by molar-refractivity contribution is 0.262. The van der Waals surface area contributed by atoms with E-state index in [2.05, 4.69) is 20.8 Å². The Labute approximate surface area is 120 Å². The van der Waals surface area contributed by atoms with Crippen LogP contribution in [0.2, 0.25) is 5.02 Å². The highest BCUT2D eigenvalue weighted by molar-refractivity contribution is 7.15. The number of hydrogen-bond donors (Lipinski definition) is 2. The second-order valence-electron chi connectivity index (χ2n) is 4.19. The zero-order valence-electron chi connectivity index (χ0n) is 10.5. The largest absolute Gasteiger partial charge is 0.325 e. The number of nitrogens with one attached hydrogen (secondary N) is 2. The summed E-state index contributed by atoms with van der Waals surface area (Å²) in [4.78, 5) is 11.7. The van der Waals surface area contributed by atoms with Crippen LogP contribution < -0.4 is 10.6 Å². The summed E-state index contributed by atoms with van der Waals surface area (Å²) in [5, 5.41) is 15.1. The number of carbonyl (C=O) groups excluding carboxylic acids is 1. The molecule has 0 spiro atoms. The molecule has 1 heterocycles. The van der Waals surface area contributed by atoms with Gasteiger partial charge in [-0.3, -0.25) is 5.32 Å². The Morgan fingerprint density at radius 3 is 2.74 bits per heavy atom. The molecule has 0 fully saturated rings. The molecule has 0 unspecified atom stereocenters. The summed E-state index contributed by atoms with van der Waals surface area (Å²) in [7, 11) is 0. The van der Waals surface area contributed by atoms with Crippen molar-refractivity contribution in [2.24, 2.45) is 0 Å². The van der Waals surface area contributed by atoms with Gasteiger partial charge in [-0.1, -0.05) is 42.9 Å². The molecule has 0 atom stereocenters. The molecule has 0 aliphatic heterocycles. The summed E-state index contributed by atoms with van der Waals surface area (Å²) in [6.07, 6.45) is 0. The lowest BCUT2D eigenvalue weighted by Gasteiger charge is -2.04. The summed E-state index contributed by atoms with van der Waals surface area (Å²) >= 11 is 7.20. The van der Waals surface area contributed by atoms with Crippen molar-refractivity contribution in [3.05, 3.63) is 34.3 Å². The van der Waals surface area contributed by atoms with E-state index in [9.17, 15) is 4.79 Å². The third-order valence-electron chi connectivity index (χ3n) is 2.24. The van der Waals surface area contributed by atoms with Crippen LogP contribution in [0.1, 0.15) is 24.8 Å². The number of halogens is 1. The Morgan fingerprint density at radius 1 is 1.32 bits per heavy atom. The molecule has 0 radical (unpaired) electrons. The number of rotatable bonds is 3. The van der Waals surface area contributed by atoms with Gasteiger partial charge in [-0.2, -0.15) is 0 Å². The van der Waals surface area contributed by atoms with Gasteiger partial charge in [0.2, 0.25) is 5.13 Å². The third-order valence-corrected chi connectivity index (χ3v) is 3.61. The maximum absolute atomic E-state index is 11.7. The van der Waals surface area contributed by atoms with E-state index in [1.54, 1.807) is 24.3 Å². The van der Waals surface area contributed by atoms with Crippen LogP contribution in [0.3, 0.4) is 0 Å². The van der Waals surface area contributed by atoms with E-state index in [1.807, 2.05) is 13.8 Å². The van der Waals surface area contributed by atoms with Gasteiger partial charge in [-0.05, 0) is 18.2 Å². The van der Waals surface area contributed by atoms with Crippen molar-refractivity contribution < 1.29 is 4.79 Å². The third kappa shape index (κ3) is 3.90. The first-order chi connectivity index (χ1) is 9.04. The van der Waals surface area contributed by atoms with Crippen LogP contribution in [0.15, 0.2) is 24.3 Å². The molecule has 0 bridgehead atoms. The van der Waals surface area contributed by atoms with Crippen LogP contribution in [0.25, 0.3) is 0 Å². The fourth-order valence-corrected chi connectivity index (χ4v) is 2.28. The van der Waals surface area contributed by atoms with Crippen molar-refractivity contribution in [2.45, 2.75) is 19.8 Å². The van der Waals surface area contributed by atoms with E-state index in [-0.39, 0.29) is 6.03 Å². The average molecular weight is 297 g/mol. The van der Waals surface area contributed by atoms with Crippen LogP contribution in [-0.4, -0.2) is 16.2 Å². The lowest BCUT2D eigenvalue weighted by Crippen LogP contribution is -2.19. The number of urea groups is 1. The van der Waals surface area contributed by atoms with Gasteiger partial charge < -0.3 is 5.32 Å². The number of benzene rings is 1. The number of hydrogen-bond acceptors (Lipinski definition) is 4. The van der Waals surface area contributed by atoms with Crippen LogP contribution in [-0.2, 0) is 0 Å². The predicted molar refractivity (Wildman–Crippen MR) is 78.1 cm³/mol. The predicted octanol–water partition coefficient (Wildman–Crippen LogP) is 3.96. The van der Waals surface area contributed by atoms with Crippen molar-refractivity contribution in [2.75, 3.05) is 10.6 Å². The molecular weight excluding hydrogens is 284 g/mol. The smallest absolute Gasteiger partial charge is 0.308 e. The zero-order valence-corrected chi connectivity index (χ0v) is 12.0. The summed E-state index contributed by atoms with van der Waals surface area (Å²) < 4.78 is 0. The van der Waals surface area contributed by atoms with Crippen LogP contribution in [0.4, 0.5) is 15.6 Å². The summed E-state index contributed by atoms with van der Waals surface area (Å²) in [6, 6.07) is 6.56. The number of nitrogens with zero attached hydrogens (tertiary/aromatic N) is 2. The van der Waals surface area contributed by atoms with Crippen molar-refractivity contribution in [3.8, 4) is 0 Å². The van der Waals surface area contributed by atoms with Gasteiger partial charge >= 0.3 is 6.03 Å². The molecule has 1 aromatic heterocycles. The maximum atomic E-state index is 11.7. The number of carbonyl (C=O) groups is 1. The minimum Gasteiger partial charge on any atom is -0.308 e. The molecule has 0 saturated carbocycles. The van der Waals surface area contributed by atoms with E-state index in [0.29, 0.717) is 21.8 Å². The van der Waals surface area contributed by atoms with Gasteiger partial charge in [0.1, 0.15) is 5.01 Å². The molecule has 0 saturated heterocycles. The summed E-state index contributed by atoms with van der Waals surface area (Å²) in [6.45, 7) is 4.05. The molecule has 100 valence electrons. The van der Waals surface area contributed by atoms with E-state index in [4.69, 9.17) is 11.6 Å². The van der Waals surface area contributed by atoms with Crippen molar-refractivity contribution in [3.63, 3.8) is 0 Å². The molecule has 0 aliphatic carbocycles. The molecule has 2 aromatic rings. The van der Waals surface area contributed by atoms with E-state index >= 15 is 0 Å². The maximum Gasteiger partial charge on any atom is 0.325 e. The topological polar surface area (TPSA) is 66.9 Å². The Balaban J connectivity index is 1.97. The Kier molecular flexibility index (Phi) is 4.34. The highest BCUT2D eigenvalue weighted by Gasteiger charge is 2.10. The van der Waals surface area contributed by atoms with Crippen molar-refractivity contribution in [1.82, 2.24) is 10.2 Å². The first-order valence-corrected chi connectivity index (χ1v) is 6.91. The fraction of sp³-hybridized carbons (Fsp3) is 0.250. The molecule has 2 N–H and O–H groups in total. The number of aromatic nitrogens is 2. The average Bonchev–Trinajstić information content (AvgIpc) is 2.77. The standard InChI is InChI=1S/C12H13ClN4OS/c1-7(2)10-16-17-12(19-10)15-11(18)14-9-5-3-4-8(13)6-9/h3-7H,1-2H3,(H2,14,15,17,18). The van der Waals surface area contributed by atoms with E-state index in [1.165, 1.54) is 11.3 Å². The van der Waals surface area contributed by atoms with Gasteiger partial charge in [-0.25, -0.2) is 4.79 Å². The summed E-state index contributed by atoms with van der Waals surface area (Å²) in [5.41, 5.74) is 0.624. The first-order valence-electron chi connectivity index (χ1n) is 5.71. The minimum atomic E-state index is -0.367. The summed E-state index contributed by atoms with van der Waals surface area (Å²) in [5.74, 6) is 0.295. The Bertz CT molecular complexity index is 585. The van der Waals surface area contributed by atoms with Crippen LogP contribution in [0, 0.1) is 0 Å².